The Bertz CT molecular complexity index is 195. The van der Waals surface area contributed by atoms with Crippen LogP contribution in [-0.2, 0) is 0 Å². The van der Waals surface area contributed by atoms with Crippen molar-refractivity contribution < 1.29 is 0 Å². The minimum absolute atomic E-state index is 0.771. The van der Waals surface area contributed by atoms with Crippen LogP contribution in [0.25, 0.3) is 0 Å². The molecule has 3 nitrogen and oxygen atoms in total. The topological polar surface area (TPSA) is 50.9 Å². The van der Waals surface area contributed by atoms with Crippen LogP contribution in [0.15, 0.2) is 0 Å². The lowest BCUT2D eigenvalue weighted by molar-refractivity contribution is 0.346. The molecule has 1 fully saturated rings. The molecule has 1 saturated heterocycles. The number of amidine groups is 1. The van der Waals surface area contributed by atoms with Crippen LogP contribution >= 0.6 is 24.4 Å². The van der Waals surface area contributed by atoms with Crippen molar-refractivity contribution in [2.24, 2.45) is 0 Å². The fourth-order valence-corrected chi connectivity index (χ4v) is 1.96. The Morgan fingerprint density at radius 3 is 2.43 bits per heavy atom. The van der Waals surface area contributed by atoms with E-state index in [-0.39, 0.29) is 0 Å². The van der Waals surface area contributed by atoms with Crippen molar-refractivity contribution in [1.29, 1.82) is 10.7 Å². The highest BCUT2D eigenvalue weighted by atomic mass is 32.2. The van der Waals surface area contributed by atoms with Crippen LogP contribution in [0.2, 0.25) is 0 Å². The third-order valence-corrected chi connectivity index (χ3v) is 2.74. The van der Waals surface area contributed by atoms with Crippen LogP contribution in [0, 0.1) is 16.1 Å². The van der Waals surface area contributed by atoms with Gasteiger partial charge in [0.1, 0.15) is 5.40 Å². The number of nitrogens with one attached hydrogen (secondary N) is 1. The normalized spacial score (nSPS) is 15.1. The van der Waals surface area contributed by atoms with E-state index in [9.17, 15) is 0 Å². The zero-order chi connectivity index (χ0) is 10.8. The summed E-state index contributed by atoms with van der Waals surface area (Å²) < 4.78 is 0. The summed E-state index contributed by atoms with van der Waals surface area (Å²) in [6, 6.07) is 0. The lowest BCUT2D eigenvalue weighted by atomic mass is 10.1. The predicted octanol–water partition coefficient (Wildman–Crippen LogP) is 2.56. The molecule has 0 aromatic carbocycles. The van der Waals surface area contributed by atoms with E-state index in [2.05, 4.69) is 24.5 Å². The molecule has 1 rings (SSSR count). The smallest absolute Gasteiger partial charge is 0.156 e. The quantitative estimate of drug-likeness (QED) is 0.315. The summed E-state index contributed by atoms with van der Waals surface area (Å²) in [5, 5.41) is 17.1. The summed E-state index contributed by atoms with van der Waals surface area (Å²) in [5.74, 6) is 1.02. The van der Waals surface area contributed by atoms with Crippen molar-refractivity contribution in [2.45, 2.75) is 26.2 Å². The molecule has 14 heavy (non-hydrogen) atoms. The Labute approximate surface area is 95.8 Å². The second-order valence-corrected chi connectivity index (χ2v) is 4.34. The third kappa shape index (κ3) is 6.17. The lowest BCUT2D eigenvalue weighted by Crippen LogP contribution is -2.33. The minimum atomic E-state index is 0.771. The number of rotatable bonds is 1. The molecule has 0 unspecified atom stereocenters. The Kier molecular flexibility index (Phi) is 9.00. The van der Waals surface area contributed by atoms with Crippen LogP contribution in [0.5, 0.6) is 0 Å². The number of piperidine rings is 1. The maximum Gasteiger partial charge on any atom is 0.156 e. The maximum atomic E-state index is 7.67. The number of thioether (sulfide) groups is 1. The second-order valence-electron chi connectivity index (χ2n) is 2.89. The van der Waals surface area contributed by atoms with Crippen LogP contribution < -0.4 is 0 Å². The summed E-state index contributed by atoms with van der Waals surface area (Å²) in [7, 11) is 0. The van der Waals surface area contributed by atoms with E-state index in [1.807, 2.05) is 0 Å². The molecule has 1 N–H and O–H groups in total. The average molecular weight is 231 g/mol. The highest BCUT2D eigenvalue weighted by Gasteiger charge is 2.12. The maximum absolute atomic E-state index is 7.67. The number of thiol groups is 1. The Hall–Kier alpha value is -0.340. The molecule has 0 aromatic heterocycles. The van der Waals surface area contributed by atoms with Gasteiger partial charge in [-0.15, -0.1) is 0 Å². The lowest BCUT2D eigenvalue weighted by Gasteiger charge is -2.28. The zero-order valence-corrected chi connectivity index (χ0v) is 10.2. The molecular formula is C9H17N3S2. The molecule has 1 aliphatic rings. The summed E-state index contributed by atoms with van der Waals surface area (Å²) in [6.45, 7) is 4.31. The van der Waals surface area contributed by atoms with E-state index >= 15 is 0 Å². The van der Waals surface area contributed by atoms with Gasteiger partial charge in [0.15, 0.2) is 5.17 Å². The highest BCUT2D eigenvalue weighted by Crippen LogP contribution is 2.14. The van der Waals surface area contributed by atoms with Gasteiger partial charge in [0.25, 0.3) is 0 Å². The molecule has 0 atom stereocenters. The molecule has 0 radical (unpaired) electrons. The monoisotopic (exact) mass is 231 g/mol. The number of nitriles is 1. The predicted molar refractivity (Wildman–Crippen MR) is 65.9 cm³/mol. The third-order valence-electron chi connectivity index (χ3n) is 1.92. The van der Waals surface area contributed by atoms with Gasteiger partial charge in [0.2, 0.25) is 0 Å². The van der Waals surface area contributed by atoms with Gasteiger partial charge in [-0.05, 0) is 25.0 Å². The van der Waals surface area contributed by atoms with E-state index in [1.165, 1.54) is 24.7 Å². The first-order chi connectivity index (χ1) is 6.76. The number of likely N-dealkylation sites (tertiary alicyclic amines) is 1. The molecule has 0 amide bonds. The first-order valence-electron chi connectivity index (χ1n) is 4.75. The average Bonchev–Trinajstić information content (AvgIpc) is 2.21. The fourth-order valence-electron chi connectivity index (χ4n) is 1.33. The molecule has 0 spiro atoms. The van der Waals surface area contributed by atoms with Gasteiger partial charge >= 0.3 is 0 Å². The van der Waals surface area contributed by atoms with Crippen LogP contribution in [0.3, 0.4) is 0 Å². The Balaban J connectivity index is 0.000000500. The van der Waals surface area contributed by atoms with E-state index in [4.69, 9.17) is 10.7 Å². The SMILES string of the molecule is CCSC(=N)N1CCCCC1.N#CS. The fraction of sp³-hybridized carbons (Fsp3) is 0.778. The van der Waals surface area contributed by atoms with Crippen molar-refractivity contribution in [3.05, 3.63) is 0 Å². The number of hydrogen-bond donors (Lipinski definition) is 2. The van der Waals surface area contributed by atoms with Crippen molar-refractivity contribution in [2.75, 3.05) is 18.8 Å². The van der Waals surface area contributed by atoms with Gasteiger partial charge in [-0.3, -0.25) is 5.41 Å². The molecule has 1 aliphatic heterocycles. The van der Waals surface area contributed by atoms with Crippen LogP contribution in [-0.4, -0.2) is 28.9 Å². The zero-order valence-electron chi connectivity index (χ0n) is 8.49. The van der Waals surface area contributed by atoms with Crippen LogP contribution in [0.1, 0.15) is 26.2 Å². The molecule has 80 valence electrons. The van der Waals surface area contributed by atoms with Crippen molar-refractivity contribution in [3.63, 3.8) is 0 Å². The Morgan fingerprint density at radius 1 is 1.50 bits per heavy atom. The number of thiocyanates is 1. The summed E-state index contributed by atoms with van der Waals surface area (Å²) in [6.07, 6.45) is 3.89. The standard InChI is InChI=1S/C8H16N2S.CHNS/c1-2-11-8(9)10-6-4-3-5-7-10;2-1-3/h9H,2-7H2,1H3;3H. The summed E-state index contributed by atoms with van der Waals surface area (Å²) >= 11 is 4.74. The van der Waals surface area contributed by atoms with E-state index < -0.39 is 0 Å². The van der Waals surface area contributed by atoms with Gasteiger partial charge in [-0.2, -0.15) is 5.26 Å². The first-order valence-corrected chi connectivity index (χ1v) is 6.19. The second kappa shape index (κ2) is 9.22. The van der Waals surface area contributed by atoms with Crippen molar-refractivity contribution in [3.8, 4) is 5.40 Å². The van der Waals surface area contributed by atoms with E-state index in [0.29, 0.717) is 0 Å². The van der Waals surface area contributed by atoms with Gasteiger partial charge in [-0.25, -0.2) is 0 Å². The molecule has 5 heteroatoms. The molecule has 0 bridgehead atoms. The van der Waals surface area contributed by atoms with Gasteiger partial charge < -0.3 is 4.90 Å². The molecule has 0 aliphatic carbocycles. The number of nitrogens with zero attached hydrogens (tertiary/aromatic N) is 2. The van der Waals surface area contributed by atoms with Crippen molar-refractivity contribution >= 4 is 29.6 Å². The Morgan fingerprint density at radius 2 is 2.00 bits per heavy atom. The first kappa shape index (κ1) is 13.7. The minimum Gasteiger partial charge on any atom is -0.352 e. The largest absolute Gasteiger partial charge is 0.352 e. The van der Waals surface area contributed by atoms with Gasteiger partial charge in [0.05, 0.1) is 0 Å². The molecule has 0 saturated carbocycles. The highest BCUT2D eigenvalue weighted by molar-refractivity contribution is 8.13. The molecule has 1 heterocycles. The van der Waals surface area contributed by atoms with Gasteiger partial charge in [0, 0.05) is 13.1 Å². The van der Waals surface area contributed by atoms with Gasteiger partial charge in [-0.1, -0.05) is 31.3 Å². The van der Waals surface area contributed by atoms with Crippen LogP contribution in [0.4, 0.5) is 0 Å². The molecule has 0 aromatic rings. The number of hydrogen-bond acceptors (Lipinski definition) is 4. The van der Waals surface area contributed by atoms with E-state index in [1.54, 1.807) is 11.8 Å². The van der Waals surface area contributed by atoms with E-state index in [0.717, 1.165) is 24.0 Å². The summed E-state index contributed by atoms with van der Waals surface area (Å²) in [5.41, 5.74) is 0. The van der Waals surface area contributed by atoms with Crippen molar-refractivity contribution in [1.82, 2.24) is 4.90 Å². The summed E-state index contributed by atoms with van der Waals surface area (Å²) in [4.78, 5) is 2.19. The molecular weight excluding hydrogens is 214 g/mol.